The van der Waals surface area contributed by atoms with Crippen LogP contribution in [-0.4, -0.2) is 51.0 Å². The average molecular weight is 348 g/mol. The minimum atomic E-state index is -0.0303. The van der Waals surface area contributed by atoms with Crippen LogP contribution in [0.15, 0.2) is 11.4 Å². The fourth-order valence-electron chi connectivity index (χ4n) is 2.96. The number of nitrogens with one attached hydrogen (secondary N) is 1. The number of aromatic nitrogens is 4. The van der Waals surface area contributed by atoms with Crippen molar-refractivity contribution in [3.63, 3.8) is 0 Å². The molecule has 1 saturated heterocycles. The lowest BCUT2D eigenvalue weighted by Gasteiger charge is -2.28. The van der Waals surface area contributed by atoms with E-state index in [1.165, 1.54) is 26.2 Å². The maximum atomic E-state index is 11.1. The number of anilines is 1. The highest BCUT2D eigenvalue weighted by molar-refractivity contribution is 7.99. The van der Waals surface area contributed by atoms with Crippen molar-refractivity contribution in [1.29, 1.82) is 0 Å². The Kier molecular flexibility index (Phi) is 5.55. The summed E-state index contributed by atoms with van der Waals surface area (Å²) in [6.45, 7) is 6.86. The first-order valence-electron chi connectivity index (χ1n) is 8.54. The van der Waals surface area contributed by atoms with Crippen LogP contribution >= 0.6 is 11.8 Å². The molecule has 0 aliphatic carbocycles. The van der Waals surface area contributed by atoms with Gasteiger partial charge in [0.2, 0.25) is 5.91 Å². The van der Waals surface area contributed by atoms with E-state index in [1.807, 2.05) is 10.9 Å². The summed E-state index contributed by atoms with van der Waals surface area (Å²) in [6, 6.07) is 0. The number of hydrogen-bond donors (Lipinski definition) is 1. The second-order valence-corrected chi connectivity index (χ2v) is 7.13. The smallest absolute Gasteiger partial charge is 0.216 e. The number of carbonyl (C=O) groups is 1. The highest BCUT2D eigenvalue weighted by atomic mass is 32.2. The molecular formula is C16H24N6OS. The Morgan fingerprint density at radius 3 is 2.79 bits per heavy atom. The van der Waals surface area contributed by atoms with Crippen LogP contribution in [0.3, 0.4) is 0 Å². The number of amides is 1. The van der Waals surface area contributed by atoms with Gasteiger partial charge in [0.15, 0.2) is 10.8 Å². The van der Waals surface area contributed by atoms with Gasteiger partial charge in [-0.1, -0.05) is 18.7 Å². The number of piperidine rings is 1. The lowest BCUT2D eigenvalue weighted by atomic mass is 10.1. The van der Waals surface area contributed by atoms with Crippen LogP contribution < -0.4 is 10.2 Å². The van der Waals surface area contributed by atoms with Gasteiger partial charge in [-0.25, -0.2) is 14.6 Å². The monoisotopic (exact) mass is 348 g/mol. The van der Waals surface area contributed by atoms with Gasteiger partial charge in [0.25, 0.3) is 0 Å². The normalized spacial score (nSPS) is 15.0. The topological polar surface area (TPSA) is 75.9 Å². The van der Waals surface area contributed by atoms with Crippen LogP contribution in [0.25, 0.3) is 11.0 Å². The van der Waals surface area contributed by atoms with Crippen LogP contribution in [0.2, 0.25) is 0 Å². The number of fused-ring (bicyclic) bond motifs is 1. The Labute approximate surface area is 146 Å². The third-order valence-corrected chi connectivity index (χ3v) is 4.81. The maximum Gasteiger partial charge on any atom is 0.216 e. The van der Waals surface area contributed by atoms with E-state index in [2.05, 4.69) is 22.2 Å². The molecule has 24 heavy (non-hydrogen) atoms. The van der Waals surface area contributed by atoms with E-state index in [1.54, 1.807) is 11.8 Å². The molecule has 0 saturated carbocycles. The maximum absolute atomic E-state index is 11.1. The number of nitrogens with zero attached hydrogens (tertiary/aromatic N) is 5. The van der Waals surface area contributed by atoms with E-state index in [0.29, 0.717) is 13.1 Å². The molecule has 0 aromatic carbocycles. The summed E-state index contributed by atoms with van der Waals surface area (Å²) in [4.78, 5) is 22.9. The van der Waals surface area contributed by atoms with Gasteiger partial charge in [-0.2, -0.15) is 5.10 Å². The van der Waals surface area contributed by atoms with Crippen molar-refractivity contribution in [3.8, 4) is 0 Å². The summed E-state index contributed by atoms with van der Waals surface area (Å²) in [6.07, 6.45) is 5.56. The van der Waals surface area contributed by atoms with Crippen LogP contribution in [-0.2, 0) is 11.3 Å². The van der Waals surface area contributed by atoms with Crippen molar-refractivity contribution in [3.05, 3.63) is 6.20 Å². The van der Waals surface area contributed by atoms with Crippen molar-refractivity contribution in [2.24, 2.45) is 0 Å². The van der Waals surface area contributed by atoms with Crippen molar-refractivity contribution in [2.45, 2.75) is 44.8 Å². The molecule has 0 radical (unpaired) electrons. The predicted molar refractivity (Wildman–Crippen MR) is 96.5 cm³/mol. The highest BCUT2D eigenvalue weighted by Gasteiger charge is 2.19. The lowest BCUT2D eigenvalue weighted by molar-refractivity contribution is -0.118. The highest BCUT2D eigenvalue weighted by Crippen LogP contribution is 2.28. The predicted octanol–water partition coefficient (Wildman–Crippen LogP) is 2.06. The summed E-state index contributed by atoms with van der Waals surface area (Å²) < 4.78 is 1.86. The van der Waals surface area contributed by atoms with Crippen LogP contribution in [0.5, 0.6) is 0 Å². The molecule has 0 unspecified atom stereocenters. The van der Waals surface area contributed by atoms with Gasteiger partial charge in [-0.15, -0.1) is 0 Å². The van der Waals surface area contributed by atoms with E-state index in [9.17, 15) is 4.79 Å². The Morgan fingerprint density at radius 2 is 2.08 bits per heavy atom. The molecule has 1 fully saturated rings. The fourth-order valence-corrected chi connectivity index (χ4v) is 3.52. The minimum Gasteiger partial charge on any atom is -0.356 e. The van der Waals surface area contributed by atoms with E-state index in [4.69, 9.17) is 9.97 Å². The minimum absolute atomic E-state index is 0.0303. The zero-order valence-electron chi connectivity index (χ0n) is 14.3. The molecule has 8 heteroatoms. The van der Waals surface area contributed by atoms with Gasteiger partial charge >= 0.3 is 0 Å². The van der Waals surface area contributed by atoms with Crippen molar-refractivity contribution < 1.29 is 4.79 Å². The summed E-state index contributed by atoms with van der Waals surface area (Å²) in [5.74, 6) is 1.91. The number of thioether (sulfide) groups is 1. The molecule has 1 aliphatic rings. The summed E-state index contributed by atoms with van der Waals surface area (Å²) in [7, 11) is 0. The second-order valence-electron chi connectivity index (χ2n) is 5.90. The second kappa shape index (κ2) is 7.83. The Balaban J connectivity index is 1.94. The molecule has 1 N–H and O–H groups in total. The van der Waals surface area contributed by atoms with E-state index < -0.39 is 0 Å². The SMILES string of the molecule is CCSc1nc(N2CCCCC2)c2cnn(CCNC(C)=O)c2n1. The van der Waals surface area contributed by atoms with Crippen LogP contribution in [0.4, 0.5) is 5.82 Å². The van der Waals surface area contributed by atoms with Crippen molar-refractivity contribution >= 4 is 34.5 Å². The average Bonchev–Trinajstić information content (AvgIpc) is 2.98. The largest absolute Gasteiger partial charge is 0.356 e. The lowest BCUT2D eigenvalue weighted by Crippen LogP contribution is -2.30. The molecule has 1 aliphatic heterocycles. The van der Waals surface area contributed by atoms with Gasteiger partial charge in [0, 0.05) is 26.6 Å². The molecule has 2 aromatic heterocycles. The Morgan fingerprint density at radius 1 is 1.29 bits per heavy atom. The molecule has 0 atom stereocenters. The van der Waals surface area contributed by atoms with Gasteiger partial charge in [0.05, 0.1) is 18.1 Å². The molecule has 2 aromatic rings. The zero-order valence-corrected chi connectivity index (χ0v) is 15.1. The summed E-state index contributed by atoms with van der Waals surface area (Å²) in [5, 5.41) is 9.08. The molecule has 1 amide bonds. The molecule has 7 nitrogen and oxygen atoms in total. The fraction of sp³-hybridized carbons (Fsp3) is 0.625. The van der Waals surface area contributed by atoms with E-state index in [0.717, 1.165) is 40.9 Å². The summed E-state index contributed by atoms with van der Waals surface area (Å²) in [5.41, 5.74) is 0.854. The molecule has 3 rings (SSSR count). The number of carbonyl (C=O) groups excluding carboxylic acids is 1. The van der Waals surface area contributed by atoms with Crippen LogP contribution in [0, 0.1) is 0 Å². The van der Waals surface area contributed by atoms with E-state index >= 15 is 0 Å². The zero-order chi connectivity index (χ0) is 16.9. The molecule has 0 spiro atoms. The Bertz CT molecular complexity index is 710. The first kappa shape index (κ1) is 17.0. The van der Waals surface area contributed by atoms with Crippen molar-refractivity contribution in [2.75, 3.05) is 30.3 Å². The van der Waals surface area contributed by atoms with Gasteiger partial charge in [0.1, 0.15) is 5.82 Å². The third-order valence-electron chi connectivity index (χ3n) is 4.08. The molecule has 0 bridgehead atoms. The first-order chi connectivity index (χ1) is 11.7. The molecular weight excluding hydrogens is 324 g/mol. The van der Waals surface area contributed by atoms with Crippen molar-refractivity contribution in [1.82, 2.24) is 25.1 Å². The van der Waals surface area contributed by atoms with Crippen LogP contribution in [0.1, 0.15) is 33.1 Å². The molecule has 130 valence electrons. The van der Waals surface area contributed by atoms with E-state index in [-0.39, 0.29) is 5.91 Å². The quantitative estimate of drug-likeness (QED) is 0.636. The van der Waals surface area contributed by atoms with Gasteiger partial charge in [-0.3, -0.25) is 4.79 Å². The Hall–Kier alpha value is -1.83. The van der Waals surface area contributed by atoms with Gasteiger partial charge in [-0.05, 0) is 25.0 Å². The molecule has 3 heterocycles. The third kappa shape index (κ3) is 3.80. The number of rotatable bonds is 6. The summed E-state index contributed by atoms with van der Waals surface area (Å²) >= 11 is 1.65. The van der Waals surface area contributed by atoms with Gasteiger partial charge < -0.3 is 10.2 Å². The number of hydrogen-bond acceptors (Lipinski definition) is 6. The standard InChI is InChI=1S/C16H24N6OS/c1-3-24-16-19-14(21-8-5-4-6-9-21)13-11-18-22(15(13)20-16)10-7-17-12(2)23/h11H,3-10H2,1-2H3,(H,17,23). The first-order valence-corrected chi connectivity index (χ1v) is 9.53.